The summed E-state index contributed by atoms with van der Waals surface area (Å²) in [5, 5.41) is 13.0. The van der Waals surface area contributed by atoms with Gasteiger partial charge in [0.2, 0.25) is 0 Å². The van der Waals surface area contributed by atoms with E-state index in [2.05, 4.69) is 5.32 Å². The number of nitrogens with one attached hydrogen (secondary N) is 1. The first-order valence-electron chi connectivity index (χ1n) is 6.82. The lowest BCUT2D eigenvalue weighted by Gasteiger charge is -2.33. The van der Waals surface area contributed by atoms with E-state index in [0.717, 1.165) is 25.7 Å². The molecule has 3 heteroatoms. The molecule has 94 valence electrons. The zero-order valence-corrected chi connectivity index (χ0v) is 10.2. The quantitative estimate of drug-likeness (QED) is 0.766. The molecular formula is C13H25NO2. The zero-order chi connectivity index (χ0) is 11.2. The van der Waals surface area contributed by atoms with Gasteiger partial charge < -0.3 is 15.2 Å². The Balaban J connectivity index is 1.70. The first-order valence-corrected chi connectivity index (χ1v) is 6.82. The first-order chi connectivity index (χ1) is 7.90. The van der Waals surface area contributed by atoms with Gasteiger partial charge in [-0.2, -0.15) is 0 Å². The molecule has 0 bridgehead atoms. The summed E-state index contributed by atoms with van der Waals surface area (Å²) >= 11 is 0. The molecule has 1 aliphatic heterocycles. The van der Waals surface area contributed by atoms with Crippen LogP contribution in [-0.4, -0.2) is 37.5 Å². The highest BCUT2D eigenvalue weighted by molar-refractivity contribution is 4.81. The number of hydrogen-bond acceptors (Lipinski definition) is 3. The van der Waals surface area contributed by atoms with Crippen LogP contribution in [-0.2, 0) is 4.74 Å². The highest BCUT2D eigenvalue weighted by Gasteiger charge is 2.25. The van der Waals surface area contributed by atoms with E-state index in [0.29, 0.717) is 18.6 Å². The van der Waals surface area contributed by atoms with E-state index >= 15 is 0 Å². The highest BCUT2D eigenvalue weighted by atomic mass is 16.5. The van der Waals surface area contributed by atoms with Gasteiger partial charge in [0.15, 0.2) is 0 Å². The van der Waals surface area contributed by atoms with Crippen molar-refractivity contribution in [1.29, 1.82) is 0 Å². The molecule has 2 aliphatic rings. The topological polar surface area (TPSA) is 41.5 Å². The van der Waals surface area contributed by atoms with E-state index in [9.17, 15) is 5.11 Å². The van der Waals surface area contributed by atoms with Crippen LogP contribution >= 0.6 is 0 Å². The maximum Gasteiger partial charge on any atom is 0.0474 e. The fourth-order valence-corrected chi connectivity index (χ4v) is 2.96. The Morgan fingerprint density at radius 2 is 1.81 bits per heavy atom. The third kappa shape index (κ3) is 3.44. The van der Waals surface area contributed by atoms with Gasteiger partial charge in [0.25, 0.3) is 0 Å². The Bertz CT molecular complexity index is 192. The number of aliphatic hydroxyl groups excluding tert-OH is 1. The minimum absolute atomic E-state index is 0.353. The third-order valence-electron chi connectivity index (χ3n) is 4.15. The Morgan fingerprint density at radius 3 is 2.56 bits per heavy atom. The van der Waals surface area contributed by atoms with E-state index in [1.807, 2.05) is 0 Å². The molecule has 3 nitrogen and oxygen atoms in total. The van der Waals surface area contributed by atoms with Crippen LogP contribution in [0.1, 0.15) is 38.5 Å². The van der Waals surface area contributed by atoms with Gasteiger partial charge in [0.1, 0.15) is 0 Å². The van der Waals surface area contributed by atoms with Gasteiger partial charge in [-0.05, 0) is 44.1 Å². The Labute approximate surface area is 98.6 Å². The number of rotatable bonds is 4. The summed E-state index contributed by atoms with van der Waals surface area (Å²) in [5.41, 5.74) is 0. The first kappa shape index (κ1) is 12.3. The summed E-state index contributed by atoms with van der Waals surface area (Å²) in [6.07, 6.45) is 7.45. The van der Waals surface area contributed by atoms with Crippen molar-refractivity contribution in [2.45, 2.75) is 44.6 Å². The summed E-state index contributed by atoms with van der Waals surface area (Å²) in [6, 6.07) is 0.557. The molecule has 1 saturated carbocycles. The lowest BCUT2D eigenvalue weighted by Crippen LogP contribution is -2.43. The molecule has 0 radical (unpaired) electrons. The van der Waals surface area contributed by atoms with Crippen LogP contribution in [0.25, 0.3) is 0 Å². The lowest BCUT2D eigenvalue weighted by atomic mass is 9.84. The largest absolute Gasteiger partial charge is 0.396 e. The fourth-order valence-electron chi connectivity index (χ4n) is 2.96. The van der Waals surface area contributed by atoms with Crippen molar-refractivity contribution in [1.82, 2.24) is 5.32 Å². The van der Waals surface area contributed by atoms with Crippen molar-refractivity contribution in [2.75, 3.05) is 26.4 Å². The monoisotopic (exact) mass is 227 g/mol. The van der Waals surface area contributed by atoms with E-state index in [1.165, 1.54) is 38.5 Å². The highest BCUT2D eigenvalue weighted by Crippen LogP contribution is 2.24. The van der Waals surface area contributed by atoms with Crippen LogP contribution in [0, 0.1) is 11.8 Å². The Kier molecular flexibility index (Phi) is 5.07. The van der Waals surface area contributed by atoms with Crippen molar-refractivity contribution in [2.24, 2.45) is 11.8 Å². The van der Waals surface area contributed by atoms with Gasteiger partial charge in [-0.15, -0.1) is 0 Å². The maximum atomic E-state index is 9.34. The van der Waals surface area contributed by atoms with Gasteiger partial charge in [-0.25, -0.2) is 0 Å². The third-order valence-corrected chi connectivity index (χ3v) is 4.15. The predicted molar refractivity (Wildman–Crippen MR) is 64.4 cm³/mol. The molecule has 2 unspecified atom stereocenters. The van der Waals surface area contributed by atoms with Gasteiger partial charge in [0.05, 0.1) is 0 Å². The summed E-state index contributed by atoms with van der Waals surface area (Å²) in [6.45, 7) is 3.33. The number of ether oxygens (including phenoxy) is 1. The fraction of sp³-hybridized carbons (Fsp3) is 1.00. The van der Waals surface area contributed by atoms with Crippen LogP contribution in [0.15, 0.2) is 0 Å². The van der Waals surface area contributed by atoms with Crippen LogP contribution < -0.4 is 5.32 Å². The van der Waals surface area contributed by atoms with E-state index in [1.54, 1.807) is 0 Å². The van der Waals surface area contributed by atoms with Crippen LogP contribution in [0.2, 0.25) is 0 Å². The minimum Gasteiger partial charge on any atom is -0.396 e. The molecule has 2 rings (SSSR count). The minimum atomic E-state index is 0.353. The van der Waals surface area contributed by atoms with Crippen molar-refractivity contribution >= 4 is 0 Å². The smallest absolute Gasteiger partial charge is 0.0474 e. The summed E-state index contributed by atoms with van der Waals surface area (Å²) < 4.78 is 5.37. The van der Waals surface area contributed by atoms with Gasteiger partial charge in [-0.3, -0.25) is 0 Å². The van der Waals surface area contributed by atoms with Gasteiger partial charge >= 0.3 is 0 Å². The maximum absolute atomic E-state index is 9.34. The average Bonchev–Trinajstić information content (AvgIpc) is 2.38. The molecule has 0 aromatic rings. The van der Waals surface area contributed by atoms with Crippen molar-refractivity contribution < 1.29 is 9.84 Å². The molecule has 0 aromatic carbocycles. The van der Waals surface area contributed by atoms with Gasteiger partial charge in [0, 0.05) is 25.9 Å². The molecule has 2 fully saturated rings. The van der Waals surface area contributed by atoms with Crippen LogP contribution in [0.5, 0.6) is 0 Å². The SMILES string of the molecule is OCC1CCCCC1NCC1CCOCC1. The van der Waals surface area contributed by atoms with Crippen molar-refractivity contribution in [3.05, 3.63) is 0 Å². The molecule has 2 atom stereocenters. The Hall–Kier alpha value is -0.120. The summed E-state index contributed by atoms with van der Waals surface area (Å²) in [7, 11) is 0. The standard InChI is InChI=1S/C13H25NO2/c15-10-12-3-1-2-4-13(12)14-9-11-5-7-16-8-6-11/h11-15H,1-10H2. The van der Waals surface area contributed by atoms with Crippen molar-refractivity contribution in [3.63, 3.8) is 0 Å². The van der Waals surface area contributed by atoms with Gasteiger partial charge in [-0.1, -0.05) is 12.8 Å². The van der Waals surface area contributed by atoms with E-state index in [4.69, 9.17) is 4.74 Å². The number of hydrogen-bond donors (Lipinski definition) is 2. The van der Waals surface area contributed by atoms with Crippen LogP contribution in [0.3, 0.4) is 0 Å². The predicted octanol–water partition coefficient (Wildman–Crippen LogP) is 1.55. The van der Waals surface area contributed by atoms with E-state index in [-0.39, 0.29) is 0 Å². The Morgan fingerprint density at radius 1 is 1.06 bits per heavy atom. The van der Waals surface area contributed by atoms with Crippen LogP contribution in [0.4, 0.5) is 0 Å². The zero-order valence-electron chi connectivity index (χ0n) is 10.2. The average molecular weight is 227 g/mol. The molecular weight excluding hydrogens is 202 g/mol. The molecule has 16 heavy (non-hydrogen) atoms. The summed E-state index contributed by atoms with van der Waals surface area (Å²) in [4.78, 5) is 0. The molecule has 1 heterocycles. The lowest BCUT2D eigenvalue weighted by molar-refractivity contribution is 0.0625. The molecule has 1 aliphatic carbocycles. The van der Waals surface area contributed by atoms with E-state index < -0.39 is 0 Å². The second-order valence-corrected chi connectivity index (χ2v) is 5.30. The molecule has 0 aromatic heterocycles. The molecule has 0 spiro atoms. The number of aliphatic hydroxyl groups is 1. The summed E-state index contributed by atoms with van der Waals surface area (Å²) in [5.74, 6) is 1.28. The normalized spacial score (nSPS) is 32.8. The second kappa shape index (κ2) is 6.58. The molecule has 2 N–H and O–H groups in total. The molecule has 0 amide bonds. The molecule has 1 saturated heterocycles. The van der Waals surface area contributed by atoms with Crippen molar-refractivity contribution in [3.8, 4) is 0 Å². The second-order valence-electron chi connectivity index (χ2n) is 5.30.